The number of pyridine rings is 1. The van der Waals surface area contributed by atoms with Crippen molar-refractivity contribution in [2.24, 2.45) is 0 Å². The maximum Gasteiger partial charge on any atom is 0.276 e. The van der Waals surface area contributed by atoms with E-state index in [0.717, 1.165) is 0 Å². The first kappa shape index (κ1) is 16.3. The molecule has 2 aromatic heterocycles. The van der Waals surface area contributed by atoms with Crippen molar-refractivity contribution in [3.8, 4) is 5.75 Å². The van der Waals surface area contributed by atoms with E-state index in [1.54, 1.807) is 55.0 Å². The Labute approximate surface area is 148 Å². The fourth-order valence-electron chi connectivity index (χ4n) is 1.92. The normalized spacial score (nSPS) is 10.4. The minimum Gasteiger partial charge on any atom is -0.470 e. The van der Waals surface area contributed by atoms with Gasteiger partial charge in [-0.1, -0.05) is 29.3 Å². The Morgan fingerprint density at radius 1 is 1.17 bits per heavy atom. The van der Waals surface area contributed by atoms with Crippen LogP contribution in [-0.4, -0.2) is 20.7 Å². The number of carbonyl (C=O) groups excluding carboxylic acids is 1. The van der Waals surface area contributed by atoms with Gasteiger partial charge in [0.25, 0.3) is 5.91 Å². The van der Waals surface area contributed by atoms with Gasteiger partial charge in [-0.15, -0.1) is 0 Å². The Hall–Kier alpha value is -2.57. The summed E-state index contributed by atoms with van der Waals surface area (Å²) in [6, 6.07) is 10.1. The summed E-state index contributed by atoms with van der Waals surface area (Å²) in [4.78, 5) is 16.0. The largest absolute Gasteiger partial charge is 0.470 e. The van der Waals surface area contributed by atoms with Crippen molar-refractivity contribution in [3.05, 3.63) is 70.7 Å². The molecule has 122 valence electrons. The molecule has 0 aliphatic rings. The van der Waals surface area contributed by atoms with E-state index in [1.165, 1.54) is 4.68 Å². The van der Waals surface area contributed by atoms with Gasteiger partial charge in [-0.2, -0.15) is 5.10 Å². The predicted octanol–water partition coefficient (Wildman–Crippen LogP) is 3.87. The minimum absolute atomic E-state index is 0.0998. The number of ether oxygens (including phenoxy) is 1. The van der Waals surface area contributed by atoms with Crippen LogP contribution in [0.2, 0.25) is 10.0 Å². The van der Waals surface area contributed by atoms with Crippen LogP contribution in [0.3, 0.4) is 0 Å². The van der Waals surface area contributed by atoms with Crippen molar-refractivity contribution in [1.82, 2.24) is 14.8 Å². The highest BCUT2D eigenvalue weighted by atomic mass is 35.5. The molecule has 0 unspecified atom stereocenters. The Kier molecular flexibility index (Phi) is 4.98. The quantitative estimate of drug-likeness (QED) is 0.747. The maximum atomic E-state index is 12.1. The summed E-state index contributed by atoms with van der Waals surface area (Å²) in [7, 11) is 0. The van der Waals surface area contributed by atoms with Crippen LogP contribution >= 0.6 is 23.2 Å². The van der Waals surface area contributed by atoms with E-state index in [0.29, 0.717) is 21.5 Å². The number of rotatable bonds is 5. The summed E-state index contributed by atoms with van der Waals surface area (Å²) in [6.45, 7) is 0.0998. The van der Waals surface area contributed by atoms with Gasteiger partial charge in [0.1, 0.15) is 10.8 Å². The fourth-order valence-corrected chi connectivity index (χ4v) is 2.26. The third-order valence-corrected chi connectivity index (χ3v) is 3.88. The van der Waals surface area contributed by atoms with Gasteiger partial charge in [-0.05, 0) is 30.3 Å². The summed E-state index contributed by atoms with van der Waals surface area (Å²) in [5.74, 6) is 0.128. The third kappa shape index (κ3) is 3.84. The zero-order valence-corrected chi connectivity index (χ0v) is 13.8. The smallest absolute Gasteiger partial charge is 0.276 e. The highest BCUT2D eigenvalue weighted by Crippen LogP contribution is 2.31. The van der Waals surface area contributed by atoms with E-state index >= 15 is 0 Å². The molecule has 6 nitrogen and oxygen atoms in total. The van der Waals surface area contributed by atoms with Crippen molar-refractivity contribution in [2.75, 3.05) is 5.32 Å². The number of carbonyl (C=O) groups is 1. The summed E-state index contributed by atoms with van der Waals surface area (Å²) in [5.41, 5.74) is 0.916. The lowest BCUT2D eigenvalue weighted by atomic mass is 10.3. The molecule has 0 spiro atoms. The zero-order chi connectivity index (χ0) is 16.9. The van der Waals surface area contributed by atoms with Crippen LogP contribution in [0.5, 0.6) is 5.75 Å². The average molecular weight is 363 g/mol. The molecule has 3 aromatic rings. The Bertz CT molecular complexity index is 852. The Balaban J connectivity index is 1.63. The van der Waals surface area contributed by atoms with Crippen LogP contribution in [0, 0.1) is 0 Å². The van der Waals surface area contributed by atoms with Gasteiger partial charge in [-0.25, -0.2) is 4.68 Å². The first-order valence-corrected chi connectivity index (χ1v) is 7.71. The molecule has 0 atom stereocenters. The number of aromatic nitrogens is 3. The van der Waals surface area contributed by atoms with Crippen molar-refractivity contribution >= 4 is 34.8 Å². The molecule has 2 heterocycles. The number of benzene rings is 1. The highest BCUT2D eigenvalue weighted by Gasteiger charge is 2.11. The average Bonchev–Trinajstić information content (AvgIpc) is 3.06. The van der Waals surface area contributed by atoms with E-state index in [2.05, 4.69) is 15.4 Å². The number of halogens is 2. The van der Waals surface area contributed by atoms with Gasteiger partial charge in [0.2, 0.25) is 0 Å². The second-order valence-electron chi connectivity index (χ2n) is 4.76. The van der Waals surface area contributed by atoms with Gasteiger partial charge >= 0.3 is 0 Å². The van der Waals surface area contributed by atoms with Crippen molar-refractivity contribution < 1.29 is 9.53 Å². The van der Waals surface area contributed by atoms with Crippen LogP contribution in [-0.2, 0) is 6.73 Å². The molecule has 0 bridgehead atoms. The molecule has 0 saturated heterocycles. The van der Waals surface area contributed by atoms with Gasteiger partial charge in [-0.3, -0.25) is 9.78 Å². The molecule has 1 aromatic carbocycles. The van der Waals surface area contributed by atoms with E-state index in [-0.39, 0.29) is 18.3 Å². The minimum atomic E-state index is -0.319. The summed E-state index contributed by atoms with van der Waals surface area (Å²) in [5, 5.41) is 7.63. The molecule has 0 fully saturated rings. The molecule has 0 aliphatic carbocycles. The van der Waals surface area contributed by atoms with E-state index in [1.807, 2.05) is 0 Å². The molecule has 1 N–H and O–H groups in total. The molecular formula is C16H12Cl2N4O2. The van der Waals surface area contributed by atoms with Gasteiger partial charge in [0.15, 0.2) is 12.4 Å². The molecule has 0 saturated carbocycles. The Morgan fingerprint density at radius 3 is 2.75 bits per heavy atom. The van der Waals surface area contributed by atoms with Crippen LogP contribution in [0.15, 0.2) is 55.0 Å². The second kappa shape index (κ2) is 7.33. The second-order valence-corrected chi connectivity index (χ2v) is 5.54. The lowest BCUT2D eigenvalue weighted by Gasteiger charge is -2.08. The SMILES string of the molecule is O=C(Nc1ccncc1)c1ccn(COc2cccc(Cl)c2Cl)n1. The van der Waals surface area contributed by atoms with E-state index < -0.39 is 0 Å². The van der Waals surface area contributed by atoms with E-state index in [9.17, 15) is 4.79 Å². The molecular weight excluding hydrogens is 351 g/mol. The first-order chi connectivity index (χ1) is 11.6. The number of amides is 1. The summed E-state index contributed by atoms with van der Waals surface area (Å²) >= 11 is 12.0. The summed E-state index contributed by atoms with van der Waals surface area (Å²) < 4.78 is 7.04. The number of hydrogen-bond donors (Lipinski definition) is 1. The number of nitrogens with zero attached hydrogens (tertiary/aromatic N) is 3. The van der Waals surface area contributed by atoms with Crippen LogP contribution in [0.4, 0.5) is 5.69 Å². The monoisotopic (exact) mass is 362 g/mol. The van der Waals surface area contributed by atoms with Crippen molar-refractivity contribution in [1.29, 1.82) is 0 Å². The maximum absolute atomic E-state index is 12.1. The van der Waals surface area contributed by atoms with Crippen LogP contribution in [0.25, 0.3) is 0 Å². The van der Waals surface area contributed by atoms with Gasteiger partial charge in [0.05, 0.1) is 5.02 Å². The van der Waals surface area contributed by atoms with Crippen molar-refractivity contribution in [2.45, 2.75) is 6.73 Å². The molecule has 0 radical (unpaired) electrons. The topological polar surface area (TPSA) is 69.0 Å². The molecule has 1 amide bonds. The molecule has 8 heteroatoms. The lowest BCUT2D eigenvalue weighted by molar-refractivity contribution is 0.102. The number of nitrogens with one attached hydrogen (secondary N) is 1. The predicted molar refractivity (Wildman–Crippen MR) is 91.5 cm³/mol. The highest BCUT2D eigenvalue weighted by molar-refractivity contribution is 6.42. The standard InChI is InChI=1S/C16H12Cl2N4O2/c17-12-2-1-3-14(15(12)18)24-10-22-9-6-13(21-22)16(23)20-11-4-7-19-8-5-11/h1-9H,10H2,(H,19,20,23). The van der Waals surface area contributed by atoms with Gasteiger partial charge in [0, 0.05) is 24.3 Å². The van der Waals surface area contributed by atoms with Crippen LogP contribution < -0.4 is 10.1 Å². The molecule has 3 rings (SSSR count). The van der Waals surface area contributed by atoms with Gasteiger partial charge < -0.3 is 10.1 Å². The fraction of sp³-hybridized carbons (Fsp3) is 0.0625. The molecule has 24 heavy (non-hydrogen) atoms. The number of anilines is 1. The Morgan fingerprint density at radius 2 is 1.96 bits per heavy atom. The third-order valence-electron chi connectivity index (χ3n) is 3.08. The van der Waals surface area contributed by atoms with E-state index in [4.69, 9.17) is 27.9 Å². The lowest BCUT2D eigenvalue weighted by Crippen LogP contribution is -2.14. The van der Waals surface area contributed by atoms with Crippen LogP contribution in [0.1, 0.15) is 10.5 Å². The zero-order valence-electron chi connectivity index (χ0n) is 12.3. The first-order valence-electron chi connectivity index (χ1n) is 6.95. The summed E-state index contributed by atoms with van der Waals surface area (Å²) in [6.07, 6.45) is 4.83. The molecule has 0 aliphatic heterocycles. The number of hydrogen-bond acceptors (Lipinski definition) is 4. The van der Waals surface area contributed by atoms with Crippen molar-refractivity contribution in [3.63, 3.8) is 0 Å².